The molecule has 0 aliphatic heterocycles. The second-order valence-corrected chi connectivity index (χ2v) is 5.68. The molecule has 21 heavy (non-hydrogen) atoms. The highest BCUT2D eigenvalue weighted by Crippen LogP contribution is 2.17. The van der Waals surface area contributed by atoms with Crippen LogP contribution in [0.5, 0.6) is 5.75 Å². The molecule has 0 aliphatic rings. The second-order valence-electron chi connectivity index (χ2n) is 4.46. The molecule has 0 saturated heterocycles. The summed E-state index contributed by atoms with van der Waals surface area (Å²) in [5, 5.41) is 0. The quantitative estimate of drug-likeness (QED) is 0.298. The van der Waals surface area contributed by atoms with Crippen molar-refractivity contribution in [2.75, 3.05) is 37.7 Å². The SMILES string of the molecule is CCN(CC)CCSCCOc1ccccc1C(=O)NN. The minimum absolute atomic E-state index is 0.334. The van der Waals surface area contributed by atoms with E-state index >= 15 is 0 Å². The third kappa shape index (κ3) is 6.37. The van der Waals surface area contributed by atoms with Gasteiger partial charge >= 0.3 is 0 Å². The summed E-state index contributed by atoms with van der Waals surface area (Å²) in [6.45, 7) is 8.22. The van der Waals surface area contributed by atoms with Crippen LogP contribution in [0.3, 0.4) is 0 Å². The lowest BCUT2D eigenvalue weighted by atomic mass is 10.2. The van der Waals surface area contributed by atoms with Crippen LogP contribution in [0.2, 0.25) is 0 Å². The third-order valence-electron chi connectivity index (χ3n) is 3.19. The minimum atomic E-state index is -0.334. The predicted octanol–water partition coefficient (Wildman–Crippen LogP) is 1.74. The Hall–Kier alpha value is -1.24. The molecule has 1 aromatic carbocycles. The minimum Gasteiger partial charge on any atom is -0.492 e. The number of benzene rings is 1. The largest absolute Gasteiger partial charge is 0.492 e. The zero-order valence-corrected chi connectivity index (χ0v) is 13.6. The van der Waals surface area contributed by atoms with Crippen LogP contribution >= 0.6 is 11.8 Å². The molecule has 5 nitrogen and oxygen atoms in total. The van der Waals surface area contributed by atoms with Crippen molar-refractivity contribution in [1.82, 2.24) is 10.3 Å². The van der Waals surface area contributed by atoms with Crippen molar-refractivity contribution < 1.29 is 9.53 Å². The zero-order chi connectivity index (χ0) is 15.5. The van der Waals surface area contributed by atoms with Crippen molar-refractivity contribution in [3.05, 3.63) is 29.8 Å². The first-order chi connectivity index (χ1) is 10.2. The molecular weight excluding hydrogens is 286 g/mol. The molecule has 0 heterocycles. The second kappa shape index (κ2) is 10.5. The standard InChI is InChI=1S/C15H25N3O2S/c1-3-18(4-2)9-11-21-12-10-20-14-8-6-5-7-13(14)15(19)17-16/h5-8H,3-4,9-12,16H2,1-2H3,(H,17,19). The zero-order valence-electron chi connectivity index (χ0n) is 12.8. The fourth-order valence-electron chi connectivity index (χ4n) is 1.90. The molecule has 118 valence electrons. The predicted molar refractivity (Wildman–Crippen MR) is 88.7 cm³/mol. The number of ether oxygens (including phenoxy) is 1. The van der Waals surface area contributed by atoms with Crippen LogP contribution in [0.15, 0.2) is 24.3 Å². The first-order valence-corrected chi connectivity index (χ1v) is 8.41. The monoisotopic (exact) mass is 311 g/mol. The van der Waals surface area contributed by atoms with E-state index in [2.05, 4.69) is 24.2 Å². The Balaban J connectivity index is 2.28. The van der Waals surface area contributed by atoms with E-state index in [1.165, 1.54) is 0 Å². The number of hydrogen-bond acceptors (Lipinski definition) is 5. The van der Waals surface area contributed by atoms with Crippen molar-refractivity contribution in [1.29, 1.82) is 0 Å². The Morgan fingerprint density at radius 2 is 2.00 bits per heavy atom. The van der Waals surface area contributed by atoms with Crippen molar-refractivity contribution >= 4 is 17.7 Å². The number of amides is 1. The summed E-state index contributed by atoms with van der Waals surface area (Å²) in [6, 6.07) is 7.11. The van der Waals surface area contributed by atoms with Crippen molar-refractivity contribution in [3.63, 3.8) is 0 Å². The summed E-state index contributed by atoms with van der Waals surface area (Å²) in [6.07, 6.45) is 0. The van der Waals surface area contributed by atoms with E-state index in [-0.39, 0.29) is 5.91 Å². The summed E-state index contributed by atoms with van der Waals surface area (Å²) in [5.41, 5.74) is 2.59. The van der Waals surface area contributed by atoms with Gasteiger partial charge in [0, 0.05) is 18.1 Å². The number of hydrogen-bond donors (Lipinski definition) is 2. The van der Waals surface area contributed by atoms with Gasteiger partial charge in [-0.05, 0) is 25.2 Å². The molecule has 1 amide bonds. The summed E-state index contributed by atoms with van der Waals surface area (Å²) < 4.78 is 5.67. The molecule has 0 fully saturated rings. The van der Waals surface area contributed by atoms with Gasteiger partial charge < -0.3 is 9.64 Å². The molecule has 0 bridgehead atoms. The molecule has 0 aliphatic carbocycles. The molecule has 0 atom stereocenters. The number of hydrazine groups is 1. The lowest BCUT2D eigenvalue weighted by Crippen LogP contribution is -2.30. The third-order valence-corrected chi connectivity index (χ3v) is 4.12. The fraction of sp³-hybridized carbons (Fsp3) is 0.533. The van der Waals surface area contributed by atoms with Crippen LogP contribution in [0.25, 0.3) is 0 Å². The Morgan fingerprint density at radius 1 is 1.29 bits per heavy atom. The molecule has 1 aromatic rings. The summed E-state index contributed by atoms with van der Waals surface area (Å²) >= 11 is 1.86. The van der Waals surface area contributed by atoms with Gasteiger partial charge in [0.2, 0.25) is 0 Å². The maximum absolute atomic E-state index is 11.6. The van der Waals surface area contributed by atoms with Gasteiger partial charge in [0.05, 0.1) is 12.2 Å². The first kappa shape index (κ1) is 17.8. The number of nitrogen functional groups attached to an aromatic ring is 1. The van der Waals surface area contributed by atoms with E-state index in [0.717, 1.165) is 31.1 Å². The number of nitrogens with one attached hydrogen (secondary N) is 1. The Kier molecular flexibility index (Phi) is 8.89. The lowest BCUT2D eigenvalue weighted by molar-refractivity contribution is 0.0950. The Bertz CT molecular complexity index is 425. The molecule has 6 heteroatoms. The molecule has 0 saturated carbocycles. The number of nitrogens with zero attached hydrogens (tertiary/aromatic N) is 1. The van der Waals surface area contributed by atoms with Gasteiger partial charge in [-0.15, -0.1) is 0 Å². The van der Waals surface area contributed by atoms with E-state index in [0.29, 0.717) is 17.9 Å². The average Bonchev–Trinajstić information content (AvgIpc) is 2.54. The van der Waals surface area contributed by atoms with Crippen LogP contribution in [-0.4, -0.2) is 48.6 Å². The van der Waals surface area contributed by atoms with E-state index in [9.17, 15) is 4.79 Å². The average molecular weight is 311 g/mol. The van der Waals surface area contributed by atoms with E-state index in [1.807, 2.05) is 17.8 Å². The summed E-state index contributed by atoms with van der Waals surface area (Å²) in [5.74, 6) is 7.39. The van der Waals surface area contributed by atoms with Crippen LogP contribution in [0.1, 0.15) is 24.2 Å². The normalized spacial score (nSPS) is 10.7. The van der Waals surface area contributed by atoms with Gasteiger partial charge in [-0.1, -0.05) is 26.0 Å². The number of carbonyl (C=O) groups is 1. The highest BCUT2D eigenvalue weighted by atomic mass is 32.2. The maximum atomic E-state index is 11.6. The molecule has 0 spiro atoms. The molecule has 0 radical (unpaired) electrons. The number of nitrogens with two attached hydrogens (primary N) is 1. The molecular formula is C15H25N3O2S. The highest BCUT2D eigenvalue weighted by Gasteiger charge is 2.10. The Morgan fingerprint density at radius 3 is 2.67 bits per heavy atom. The smallest absolute Gasteiger partial charge is 0.268 e. The topological polar surface area (TPSA) is 67.6 Å². The molecule has 0 aromatic heterocycles. The number of rotatable bonds is 10. The van der Waals surface area contributed by atoms with Crippen molar-refractivity contribution in [2.24, 2.45) is 5.84 Å². The van der Waals surface area contributed by atoms with E-state index < -0.39 is 0 Å². The van der Waals surface area contributed by atoms with Crippen LogP contribution in [0, 0.1) is 0 Å². The number of carbonyl (C=O) groups excluding carboxylic acids is 1. The van der Waals surface area contributed by atoms with Crippen molar-refractivity contribution in [2.45, 2.75) is 13.8 Å². The van der Waals surface area contributed by atoms with Gasteiger partial charge in [-0.2, -0.15) is 11.8 Å². The lowest BCUT2D eigenvalue weighted by Gasteiger charge is -2.17. The summed E-state index contributed by atoms with van der Waals surface area (Å²) in [4.78, 5) is 14.0. The van der Waals surface area contributed by atoms with Crippen molar-refractivity contribution in [3.8, 4) is 5.75 Å². The fourth-order valence-corrected chi connectivity index (χ4v) is 2.70. The van der Waals surface area contributed by atoms with Crippen LogP contribution in [-0.2, 0) is 0 Å². The maximum Gasteiger partial charge on any atom is 0.268 e. The highest BCUT2D eigenvalue weighted by molar-refractivity contribution is 7.99. The van der Waals surface area contributed by atoms with Gasteiger partial charge in [-0.3, -0.25) is 10.2 Å². The first-order valence-electron chi connectivity index (χ1n) is 7.25. The Labute approximate surface area is 131 Å². The van der Waals surface area contributed by atoms with Gasteiger partial charge in [0.25, 0.3) is 5.91 Å². The number of para-hydroxylation sites is 1. The summed E-state index contributed by atoms with van der Waals surface area (Å²) in [7, 11) is 0. The van der Waals surface area contributed by atoms with Crippen LogP contribution < -0.4 is 16.0 Å². The number of thioether (sulfide) groups is 1. The molecule has 1 rings (SSSR count). The molecule has 3 N–H and O–H groups in total. The van der Waals surface area contributed by atoms with Gasteiger partial charge in [-0.25, -0.2) is 5.84 Å². The van der Waals surface area contributed by atoms with Gasteiger partial charge in [0.15, 0.2) is 0 Å². The van der Waals surface area contributed by atoms with Crippen LogP contribution in [0.4, 0.5) is 0 Å². The molecule has 0 unspecified atom stereocenters. The van der Waals surface area contributed by atoms with E-state index in [1.54, 1.807) is 18.2 Å². The van der Waals surface area contributed by atoms with E-state index in [4.69, 9.17) is 10.6 Å². The van der Waals surface area contributed by atoms with Gasteiger partial charge in [0.1, 0.15) is 5.75 Å².